The molecule has 0 saturated carbocycles. The van der Waals surface area contributed by atoms with Crippen LogP contribution in [0.25, 0.3) is 0 Å². The van der Waals surface area contributed by atoms with Crippen LogP contribution in [0.3, 0.4) is 0 Å². The van der Waals surface area contributed by atoms with Crippen LogP contribution in [-0.4, -0.2) is 49.2 Å². The van der Waals surface area contributed by atoms with Crippen molar-refractivity contribution in [2.45, 2.75) is 6.61 Å². The molecule has 1 N–H and O–H groups in total. The zero-order valence-corrected chi connectivity index (χ0v) is 11.0. The number of aliphatic hydroxyl groups excluding tert-OH is 1. The number of likely N-dealkylation sites (N-methyl/N-ethyl adjacent to an activating group) is 2. The second-order valence-electron chi connectivity index (χ2n) is 4.45. The standard InChI is InChI=1S/C12H19N3O3/c1-13(2)6-7-14(3)11-4-5-12(15(17)18)10(8-11)9-16/h4-5,8,16H,6-7,9H2,1-3H3. The quantitative estimate of drug-likeness (QED) is 0.607. The fourth-order valence-electron chi connectivity index (χ4n) is 1.59. The highest BCUT2D eigenvalue weighted by Crippen LogP contribution is 2.24. The predicted octanol–water partition coefficient (Wildman–Crippen LogP) is 1.08. The van der Waals surface area contributed by atoms with Crippen molar-refractivity contribution < 1.29 is 10.0 Å². The summed E-state index contributed by atoms with van der Waals surface area (Å²) in [4.78, 5) is 14.3. The first-order valence-corrected chi connectivity index (χ1v) is 5.69. The second-order valence-corrected chi connectivity index (χ2v) is 4.45. The molecule has 0 saturated heterocycles. The molecule has 0 spiro atoms. The average molecular weight is 253 g/mol. The molecule has 1 aromatic carbocycles. The van der Waals surface area contributed by atoms with E-state index in [2.05, 4.69) is 4.90 Å². The van der Waals surface area contributed by atoms with Crippen molar-refractivity contribution >= 4 is 11.4 Å². The Morgan fingerprint density at radius 2 is 1.94 bits per heavy atom. The SMILES string of the molecule is CN(C)CCN(C)c1ccc([N+](=O)[O-])c(CO)c1. The van der Waals surface area contributed by atoms with Crippen LogP contribution < -0.4 is 4.90 Å². The molecule has 0 atom stereocenters. The molecule has 0 aromatic heterocycles. The molecule has 100 valence electrons. The maximum atomic E-state index is 10.8. The molecule has 1 rings (SSSR count). The molecule has 0 aliphatic heterocycles. The van der Waals surface area contributed by atoms with Crippen LogP contribution in [0.4, 0.5) is 11.4 Å². The molecule has 1 aromatic rings. The highest BCUT2D eigenvalue weighted by atomic mass is 16.6. The first-order chi connectivity index (χ1) is 8.45. The fourth-order valence-corrected chi connectivity index (χ4v) is 1.59. The van der Waals surface area contributed by atoms with E-state index in [1.54, 1.807) is 12.1 Å². The summed E-state index contributed by atoms with van der Waals surface area (Å²) < 4.78 is 0. The number of rotatable bonds is 6. The molecule has 0 unspecified atom stereocenters. The Balaban J connectivity index is 2.87. The summed E-state index contributed by atoms with van der Waals surface area (Å²) in [5.41, 5.74) is 1.17. The number of aliphatic hydroxyl groups is 1. The highest BCUT2D eigenvalue weighted by molar-refractivity contribution is 5.55. The van der Waals surface area contributed by atoms with Gasteiger partial charge in [-0.15, -0.1) is 0 Å². The summed E-state index contributed by atoms with van der Waals surface area (Å²) >= 11 is 0. The van der Waals surface area contributed by atoms with E-state index in [0.29, 0.717) is 5.56 Å². The lowest BCUT2D eigenvalue weighted by Crippen LogP contribution is -2.28. The number of hydrogen-bond acceptors (Lipinski definition) is 5. The number of nitrogens with zero attached hydrogens (tertiary/aromatic N) is 3. The van der Waals surface area contributed by atoms with Crippen molar-refractivity contribution in [2.75, 3.05) is 39.1 Å². The van der Waals surface area contributed by atoms with Gasteiger partial charge < -0.3 is 14.9 Å². The minimum Gasteiger partial charge on any atom is -0.391 e. The summed E-state index contributed by atoms with van der Waals surface area (Å²) in [6, 6.07) is 4.80. The van der Waals surface area contributed by atoms with Gasteiger partial charge >= 0.3 is 0 Å². The van der Waals surface area contributed by atoms with Crippen LogP contribution >= 0.6 is 0 Å². The van der Waals surface area contributed by atoms with Gasteiger partial charge in [0.15, 0.2) is 0 Å². The summed E-state index contributed by atoms with van der Waals surface area (Å²) in [6.45, 7) is 1.38. The number of nitro benzene ring substituents is 1. The molecule has 0 bridgehead atoms. The van der Waals surface area contributed by atoms with Crippen molar-refractivity contribution in [1.82, 2.24) is 4.90 Å². The van der Waals surface area contributed by atoms with Gasteiger partial charge in [0.05, 0.1) is 17.1 Å². The molecule has 0 radical (unpaired) electrons. The first-order valence-electron chi connectivity index (χ1n) is 5.69. The van der Waals surface area contributed by atoms with E-state index < -0.39 is 4.92 Å². The van der Waals surface area contributed by atoms with Gasteiger partial charge in [-0.05, 0) is 26.2 Å². The van der Waals surface area contributed by atoms with Crippen molar-refractivity contribution in [2.24, 2.45) is 0 Å². The van der Waals surface area contributed by atoms with Gasteiger partial charge in [-0.25, -0.2) is 0 Å². The third kappa shape index (κ3) is 3.68. The van der Waals surface area contributed by atoms with Gasteiger partial charge in [-0.2, -0.15) is 0 Å². The molecular weight excluding hydrogens is 234 g/mol. The molecule has 0 aliphatic rings. The Kier molecular flexibility index (Phi) is 5.06. The lowest BCUT2D eigenvalue weighted by atomic mass is 10.1. The first kappa shape index (κ1) is 14.4. The Bertz CT molecular complexity index is 421. The van der Waals surface area contributed by atoms with Gasteiger partial charge in [0, 0.05) is 31.9 Å². The lowest BCUT2D eigenvalue weighted by Gasteiger charge is -2.22. The summed E-state index contributed by atoms with van der Waals surface area (Å²) in [6.07, 6.45) is 0. The predicted molar refractivity (Wildman–Crippen MR) is 70.8 cm³/mol. The monoisotopic (exact) mass is 253 g/mol. The van der Waals surface area contributed by atoms with Crippen LogP contribution in [0.15, 0.2) is 18.2 Å². The summed E-state index contributed by atoms with van der Waals surface area (Å²) in [7, 11) is 5.90. The number of hydrogen-bond donors (Lipinski definition) is 1. The minimum atomic E-state index is -0.477. The summed E-state index contributed by atoms with van der Waals surface area (Å²) in [5.74, 6) is 0. The zero-order chi connectivity index (χ0) is 13.7. The van der Waals surface area contributed by atoms with Gasteiger partial charge in [0.1, 0.15) is 0 Å². The molecular formula is C12H19N3O3. The number of benzene rings is 1. The maximum absolute atomic E-state index is 10.8. The van der Waals surface area contributed by atoms with Crippen LogP contribution in [-0.2, 0) is 6.61 Å². The number of nitro groups is 1. The van der Waals surface area contributed by atoms with E-state index in [9.17, 15) is 10.1 Å². The lowest BCUT2D eigenvalue weighted by molar-refractivity contribution is -0.385. The normalized spacial score (nSPS) is 10.7. The van der Waals surface area contributed by atoms with E-state index in [1.165, 1.54) is 6.07 Å². The van der Waals surface area contributed by atoms with Crippen molar-refractivity contribution in [3.05, 3.63) is 33.9 Å². The van der Waals surface area contributed by atoms with Crippen molar-refractivity contribution in [3.8, 4) is 0 Å². The number of anilines is 1. The molecule has 18 heavy (non-hydrogen) atoms. The largest absolute Gasteiger partial charge is 0.391 e. The fraction of sp³-hybridized carbons (Fsp3) is 0.500. The van der Waals surface area contributed by atoms with Gasteiger partial charge in [0.25, 0.3) is 5.69 Å². The van der Waals surface area contributed by atoms with Crippen LogP contribution in [0, 0.1) is 10.1 Å². The smallest absolute Gasteiger partial charge is 0.275 e. The molecule has 0 fully saturated rings. The highest BCUT2D eigenvalue weighted by Gasteiger charge is 2.14. The molecule has 6 heteroatoms. The average Bonchev–Trinajstić information content (AvgIpc) is 2.34. The van der Waals surface area contributed by atoms with Gasteiger partial charge in [-0.1, -0.05) is 0 Å². The van der Waals surface area contributed by atoms with Gasteiger partial charge in [0.2, 0.25) is 0 Å². The van der Waals surface area contributed by atoms with Crippen LogP contribution in [0.2, 0.25) is 0 Å². The van der Waals surface area contributed by atoms with Crippen LogP contribution in [0.1, 0.15) is 5.56 Å². The minimum absolute atomic E-state index is 0.0396. The third-order valence-electron chi connectivity index (χ3n) is 2.75. The van der Waals surface area contributed by atoms with E-state index in [4.69, 9.17) is 5.11 Å². The Morgan fingerprint density at radius 1 is 1.28 bits per heavy atom. The van der Waals surface area contributed by atoms with Crippen LogP contribution in [0.5, 0.6) is 0 Å². The molecule has 0 heterocycles. The van der Waals surface area contributed by atoms with E-state index in [1.807, 2.05) is 26.0 Å². The molecule has 0 aliphatic carbocycles. The van der Waals surface area contributed by atoms with E-state index >= 15 is 0 Å². The third-order valence-corrected chi connectivity index (χ3v) is 2.75. The molecule has 6 nitrogen and oxygen atoms in total. The maximum Gasteiger partial charge on any atom is 0.275 e. The second kappa shape index (κ2) is 6.32. The van der Waals surface area contributed by atoms with Crippen molar-refractivity contribution in [3.63, 3.8) is 0 Å². The Morgan fingerprint density at radius 3 is 2.44 bits per heavy atom. The topological polar surface area (TPSA) is 69.9 Å². The van der Waals surface area contributed by atoms with E-state index in [0.717, 1.165) is 18.8 Å². The van der Waals surface area contributed by atoms with Gasteiger partial charge in [-0.3, -0.25) is 10.1 Å². The Labute approximate surface area is 107 Å². The zero-order valence-electron chi connectivity index (χ0n) is 11.0. The summed E-state index contributed by atoms with van der Waals surface area (Å²) in [5, 5.41) is 19.9. The van der Waals surface area contributed by atoms with E-state index in [-0.39, 0.29) is 12.3 Å². The molecule has 0 amide bonds. The van der Waals surface area contributed by atoms with Crippen molar-refractivity contribution in [1.29, 1.82) is 0 Å². The Hall–Kier alpha value is -1.66.